The largest absolute Gasteiger partial charge is 0.378 e. The van der Waals surface area contributed by atoms with Gasteiger partial charge in [-0.1, -0.05) is 42.5 Å². The van der Waals surface area contributed by atoms with Crippen LogP contribution in [0.5, 0.6) is 0 Å². The lowest BCUT2D eigenvalue weighted by molar-refractivity contribution is 0.0332. The quantitative estimate of drug-likeness (QED) is 0.365. The van der Waals surface area contributed by atoms with Crippen molar-refractivity contribution in [1.82, 2.24) is 25.1 Å². The first-order valence-electron chi connectivity index (χ1n) is 11.3. The van der Waals surface area contributed by atoms with E-state index in [-0.39, 0.29) is 0 Å². The van der Waals surface area contributed by atoms with Crippen molar-refractivity contribution in [1.29, 1.82) is 0 Å². The van der Waals surface area contributed by atoms with Crippen LogP contribution in [-0.4, -0.2) is 30.8 Å². The van der Waals surface area contributed by atoms with Gasteiger partial charge in [0.15, 0.2) is 0 Å². The Morgan fingerprint density at radius 2 is 1.50 bits per heavy atom. The van der Waals surface area contributed by atoms with Gasteiger partial charge in [-0.05, 0) is 42.0 Å². The number of pyridine rings is 2. The first-order valence-corrected chi connectivity index (χ1v) is 11.3. The number of hydrogen-bond acceptors (Lipinski definition) is 5. The summed E-state index contributed by atoms with van der Waals surface area (Å²) in [6, 6.07) is 20.9. The van der Waals surface area contributed by atoms with E-state index in [9.17, 15) is 14.3 Å². The molecule has 0 saturated carbocycles. The highest BCUT2D eigenvalue weighted by Crippen LogP contribution is 2.41. The van der Waals surface area contributed by atoms with E-state index in [1.54, 1.807) is 47.5 Å². The maximum absolute atomic E-state index is 13.8. The lowest BCUT2D eigenvalue weighted by Gasteiger charge is -2.37. The molecule has 0 unspecified atom stereocenters. The van der Waals surface area contributed by atoms with Crippen LogP contribution < -0.4 is 5.32 Å². The summed E-state index contributed by atoms with van der Waals surface area (Å²) in [7, 11) is 0. The van der Waals surface area contributed by atoms with Crippen LogP contribution in [0.1, 0.15) is 33.1 Å². The average molecular weight is 480 g/mol. The van der Waals surface area contributed by atoms with Crippen LogP contribution in [0.2, 0.25) is 0 Å². The summed E-state index contributed by atoms with van der Waals surface area (Å²) in [5.41, 5.74) is 0.695. The van der Waals surface area contributed by atoms with E-state index in [1.165, 1.54) is 42.9 Å². The maximum Gasteiger partial charge on any atom is 0.255 e. The van der Waals surface area contributed by atoms with E-state index in [0.29, 0.717) is 22.3 Å². The molecule has 0 fully saturated rings. The van der Waals surface area contributed by atoms with Gasteiger partial charge in [0.25, 0.3) is 5.91 Å². The molecule has 178 valence electrons. The van der Waals surface area contributed by atoms with Gasteiger partial charge in [-0.2, -0.15) is 5.10 Å². The van der Waals surface area contributed by atoms with Gasteiger partial charge >= 0.3 is 0 Å². The van der Waals surface area contributed by atoms with Crippen LogP contribution in [0, 0.1) is 5.82 Å². The standard InChI is InChI=1S/C28H22FN5O2/c29-24-12-10-20(11-13-24)26(28(36,22-6-4-14-30-17-22)23-7-5-15-31-18-23)33-27(35)21-16-32-34(19-21)25-8-2-1-3-9-25/h1-19,26,36H,(H,33,35)/t26-/m1/s1. The van der Waals surface area contributed by atoms with Gasteiger partial charge in [0.1, 0.15) is 11.4 Å². The third-order valence-corrected chi connectivity index (χ3v) is 5.97. The first kappa shape index (κ1) is 23.1. The number of amides is 1. The van der Waals surface area contributed by atoms with Crippen LogP contribution in [0.3, 0.4) is 0 Å². The summed E-state index contributed by atoms with van der Waals surface area (Å²) in [5, 5.41) is 19.6. The Bertz CT molecular complexity index is 1400. The molecule has 1 atom stereocenters. The third-order valence-electron chi connectivity index (χ3n) is 5.97. The topological polar surface area (TPSA) is 92.9 Å². The molecule has 0 aliphatic rings. The Labute approximate surface area is 206 Å². The lowest BCUT2D eigenvalue weighted by atomic mass is 9.78. The van der Waals surface area contributed by atoms with Crippen molar-refractivity contribution >= 4 is 5.91 Å². The second kappa shape index (κ2) is 9.89. The number of hydrogen-bond donors (Lipinski definition) is 2. The molecular weight excluding hydrogens is 457 g/mol. The second-order valence-electron chi connectivity index (χ2n) is 8.22. The molecule has 3 heterocycles. The van der Waals surface area contributed by atoms with E-state index < -0.39 is 23.4 Å². The average Bonchev–Trinajstić information content (AvgIpc) is 3.44. The van der Waals surface area contributed by atoms with Crippen molar-refractivity contribution in [2.24, 2.45) is 0 Å². The molecule has 0 radical (unpaired) electrons. The van der Waals surface area contributed by atoms with Crippen molar-refractivity contribution in [2.75, 3.05) is 0 Å². The van der Waals surface area contributed by atoms with Crippen LogP contribution in [0.25, 0.3) is 5.69 Å². The summed E-state index contributed by atoms with van der Waals surface area (Å²) in [4.78, 5) is 21.8. The van der Waals surface area contributed by atoms with Crippen molar-refractivity contribution in [3.8, 4) is 5.69 Å². The normalized spacial score (nSPS) is 12.2. The number of aromatic nitrogens is 4. The van der Waals surface area contributed by atoms with Crippen LogP contribution in [-0.2, 0) is 5.60 Å². The van der Waals surface area contributed by atoms with Crippen molar-refractivity contribution < 1.29 is 14.3 Å². The van der Waals surface area contributed by atoms with Crippen LogP contribution in [0.15, 0.2) is 116 Å². The minimum absolute atomic E-state index is 0.297. The number of carbonyl (C=O) groups excluding carboxylic acids is 1. The summed E-state index contributed by atoms with van der Waals surface area (Å²) >= 11 is 0. The number of rotatable bonds is 7. The molecule has 0 aliphatic carbocycles. The van der Waals surface area contributed by atoms with Gasteiger partial charge in [-0.15, -0.1) is 0 Å². The number of halogens is 1. The molecule has 0 saturated heterocycles. The summed E-state index contributed by atoms with van der Waals surface area (Å²) in [5.74, 6) is -0.892. The monoisotopic (exact) mass is 479 g/mol. The molecule has 0 bridgehead atoms. The minimum Gasteiger partial charge on any atom is -0.378 e. The lowest BCUT2D eigenvalue weighted by Crippen LogP contribution is -2.45. The Balaban J connectivity index is 1.59. The van der Waals surface area contributed by atoms with E-state index >= 15 is 0 Å². The highest BCUT2D eigenvalue weighted by Gasteiger charge is 2.43. The van der Waals surface area contributed by atoms with Crippen molar-refractivity contribution in [3.63, 3.8) is 0 Å². The van der Waals surface area contributed by atoms with E-state index in [1.807, 2.05) is 30.3 Å². The Kier molecular flexibility index (Phi) is 6.34. The molecule has 36 heavy (non-hydrogen) atoms. The van der Waals surface area contributed by atoms with Crippen molar-refractivity contribution in [3.05, 3.63) is 144 Å². The van der Waals surface area contributed by atoms with E-state index in [4.69, 9.17) is 0 Å². The zero-order valence-electron chi connectivity index (χ0n) is 19.1. The molecule has 0 aliphatic heterocycles. The number of nitrogens with one attached hydrogen (secondary N) is 1. The van der Waals surface area contributed by atoms with Gasteiger partial charge in [0, 0.05) is 42.1 Å². The number of carbonyl (C=O) groups is 1. The SMILES string of the molecule is O=C(N[C@H](c1ccc(F)cc1)C(O)(c1cccnc1)c1cccnc1)c1cnn(-c2ccccc2)c1. The third kappa shape index (κ3) is 4.49. The van der Waals surface area contributed by atoms with Gasteiger partial charge in [-0.25, -0.2) is 9.07 Å². The fourth-order valence-corrected chi connectivity index (χ4v) is 4.14. The molecule has 3 aromatic heterocycles. The number of benzene rings is 2. The minimum atomic E-state index is -1.77. The first-order chi connectivity index (χ1) is 17.6. The fourth-order valence-electron chi connectivity index (χ4n) is 4.14. The molecule has 1 amide bonds. The molecule has 5 rings (SSSR count). The highest BCUT2D eigenvalue weighted by atomic mass is 19.1. The number of aliphatic hydroxyl groups is 1. The van der Waals surface area contributed by atoms with Crippen LogP contribution >= 0.6 is 0 Å². The smallest absolute Gasteiger partial charge is 0.255 e. The van der Waals surface area contributed by atoms with Gasteiger partial charge in [0.05, 0.1) is 23.5 Å². The molecule has 7 nitrogen and oxygen atoms in total. The predicted molar refractivity (Wildman–Crippen MR) is 132 cm³/mol. The van der Waals surface area contributed by atoms with E-state index in [0.717, 1.165) is 5.69 Å². The fraction of sp³-hybridized carbons (Fsp3) is 0.0714. The Morgan fingerprint density at radius 1 is 0.861 bits per heavy atom. The zero-order chi connectivity index (χ0) is 25.0. The molecule has 2 aromatic carbocycles. The summed E-state index contributed by atoms with van der Waals surface area (Å²) in [6.45, 7) is 0. The molecular formula is C28H22FN5O2. The number of para-hydroxylation sites is 1. The zero-order valence-corrected chi connectivity index (χ0v) is 19.1. The van der Waals surface area contributed by atoms with Gasteiger partial charge in [-0.3, -0.25) is 14.8 Å². The number of nitrogens with zero attached hydrogens (tertiary/aromatic N) is 4. The van der Waals surface area contributed by atoms with Gasteiger partial charge in [0.2, 0.25) is 0 Å². The predicted octanol–water partition coefficient (Wildman–Crippen LogP) is 4.21. The summed E-state index contributed by atoms with van der Waals surface area (Å²) < 4.78 is 15.4. The van der Waals surface area contributed by atoms with Crippen LogP contribution in [0.4, 0.5) is 4.39 Å². The summed E-state index contributed by atoms with van der Waals surface area (Å²) in [6.07, 6.45) is 9.32. The van der Waals surface area contributed by atoms with Gasteiger partial charge < -0.3 is 10.4 Å². The van der Waals surface area contributed by atoms with Crippen molar-refractivity contribution in [2.45, 2.75) is 11.6 Å². The molecule has 0 spiro atoms. The second-order valence-corrected chi connectivity index (χ2v) is 8.22. The van der Waals surface area contributed by atoms with E-state index in [2.05, 4.69) is 20.4 Å². The Morgan fingerprint density at radius 3 is 2.08 bits per heavy atom. The molecule has 8 heteroatoms. The highest BCUT2D eigenvalue weighted by molar-refractivity contribution is 5.94. The Hall–Kier alpha value is -4.69. The molecule has 2 N–H and O–H groups in total. The maximum atomic E-state index is 13.8. The molecule has 5 aromatic rings.